The average Bonchev–Trinajstić information content (AvgIpc) is 2.37. The molecule has 0 atom stereocenters. The van der Waals surface area contributed by atoms with E-state index in [-0.39, 0.29) is 0 Å². The standard InChI is InChI=1S/C13H18N4/c1-3-4-7-16-8-10-17(11-9-16)13-5-6-14-12(2)15-13/h5-6H,7-11H2,1-2H3. The molecular weight excluding hydrogens is 212 g/mol. The summed E-state index contributed by atoms with van der Waals surface area (Å²) in [5.74, 6) is 7.93. The molecule has 0 spiro atoms. The highest BCUT2D eigenvalue weighted by Gasteiger charge is 2.17. The Morgan fingerprint density at radius 3 is 2.71 bits per heavy atom. The minimum absolute atomic E-state index is 0.835. The molecule has 0 bridgehead atoms. The molecule has 0 aliphatic carbocycles. The smallest absolute Gasteiger partial charge is 0.132 e. The first-order valence-electron chi connectivity index (χ1n) is 5.96. The summed E-state index contributed by atoms with van der Waals surface area (Å²) in [6.45, 7) is 8.84. The van der Waals surface area contributed by atoms with Crippen LogP contribution in [0.15, 0.2) is 12.3 Å². The van der Waals surface area contributed by atoms with Crippen molar-refractivity contribution in [1.29, 1.82) is 0 Å². The van der Waals surface area contributed by atoms with Crippen LogP contribution in [0.25, 0.3) is 0 Å². The van der Waals surface area contributed by atoms with Gasteiger partial charge in [-0.2, -0.15) is 0 Å². The normalized spacial score (nSPS) is 16.5. The molecule has 1 saturated heterocycles. The molecule has 0 amide bonds. The zero-order valence-electron chi connectivity index (χ0n) is 10.5. The van der Waals surface area contributed by atoms with E-state index in [4.69, 9.17) is 0 Å². The van der Waals surface area contributed by atoms with Crippen LogP contribution in [0.4, 0.5) is 5.82 Å². The lowest BCUT2D eigenvalue weighted by Crippen LogP contribution is -2.46. The molecule has 0 unspecified atom stereocenters. The first-order chi connectivity index (χ1) is 8.29. The number of piperazine rings is 1. The highest BCUT2D eigenvalue weighted by molar-refractivity contribution is 5.37. The monoisotopic (exact) mass is 230 g/mol. The zero-order valence-corrected chi connectivity index (χ0v) is 10.5. The molecule has 17 heavy (non-hydrogen) atoms. The van der Waals surface area contributed by atoms with E-state index < -0.39 is 0 Å². The summed E-state index contributed by atoms with van der Waals surface area (Å²) >= 11 is 0. The number of anilines is 1. The minimum atomic E-state index is 0.835. The maximum Gasteiger partial charge on any atom is 0.132 e. The van der Waals surface area contributed by atoms with Crippen LogP contribution in [0.3, 0.4) is 0 Å². The van der Waals surface area contributed by atoms with E-state index in [9.17, 15) is 0 Å². The fourth-order valence-electron chi connectivity index (χ4n) is 1.95. The molecule has 1 aliphatic rings. The molecule has 4 heteroatoms. The maximum atomic E-state index is 4.45. The number of nitrogens with zero attached hydrogens (tertiary/aromatic N) is 4. The quantitative estimate of drug-likeness (QED) is 0.708. The van der Waals surface area contributed by atoms with Crippen molar-refractivity contribution in [2.45, 2.75) is 13.8 Å². The Morgan fingerprint density at radius 1 is 1.29 bits per heavy atom. The summed E-state index contributed by atoms with van der Waals surface area (Å²) in [5.41, 5.74) is 0. The molecule has 0 saturated carbocycles. The number of hydrogen-bond donors (Lipinski definition) is 0. The second-order valence-corrected chi connectivity index (χ2v) is 4.15. The molecule has 1 aromatic heterocycles. The van der Waals surface area contributed by atoms with E-state index in [1.165, 1.54) is 0 Å². The van der Waals surface area contributed by atoms with Crippen LogP contribution in [-0.2, 0) is 0 Å². The Balaban J connectivity index is 1.92. The fraction of sp³-hybridized carbons (Fsp3) is 0.538. The van der Waals surface area contributed by atoms with Crippen LogP contribution in [0.2, 0.25) is 0 Å². The summed E-state index contributed by atoms with van der Waals surface area (Å²) in [4.78, 5) is 13.3. The Labute approximate surface area is 103 Å². The largest absolute Gasteiger partial charge is 0.354 e. The molecule has 1 aliphatic heterocycles. The van der Waals surface area contributed by atoms with E-state index in [0.717, 1.165) is 44.4 Å². The summed E-state index contributed by atoms with van der Waals surface area (Å²) in [6, 6.07) is 1.98. The molecular formula is C13H18N4. The number of aryl methyl sites for hydroxylation is 1. The molecule has 1 fully saturated rings. The van der Waals surface area contributed by atoms with Crippen molar-refractivity contribution in [3.05, 3.63) is 18.1 Å². The van der Waals surface area contributed by atoms with E-state index in [0.29, 0.717) is 0 Å². The second kappa shape index (κ2) is 5.65. The first-order valence-corrected chi connectivity index (χ1v) is 5.96. The predicted octanol–water partition coefficient (Wildman–Crippen LogP) is 0.930. The summed E-state index contributed by atoms with van der Waals surface area (Å²) < 4.78 is 0. The third-order valence-corrected chi connectivity index (χ3v) is 2.94. The van der Waals surface area contributed by atoms with Gasteiger partial charge in [-0.15, -0.1) is 5.92 Å². The van der Waals surface area contributed by atoms with Crippen molar-refractivity contribution in [3.8, 4) is 11.8 Å². The zero-order chi connectivity index (χ0) is 12.1. The van der Waals surface area contributed by atoms with Crippen molar-refractivity contribution < 1.29 is 0 Å². The SMILES string of the molecule is CC#CCN1CCN(c2ccnc(C)n2)CC1. The van der Waals surface area contributed by atoms with Crippen LogP contribution in [0, 0.1) is 18.8 Å². The van der Waals surface area contributed by atoms with Gasteiger partial charge in [-0.25, -0.2) is 9.97 Å². The van der Waals surface area contributed by atoms with Gasteiger partial charge in [0.25, 0.3) is 0 Å². The Kier molecular flexibility index (Phi) is 3.94. The van der Waals surface area contributed by atoms with Crippen LogP contribution >= 0.6 is 0 Å². The fourth-order valence-corrected chi connectivity index (χ4v) is 1.95. The van der Waals surface area contributed by atoms with Gasteiger partial charge in [0, 0.05) is 32.4 Å². The third-order valence-electron chi connectivity index (χ3n) is 2.94. The van der Waals surface area contributed by atoms with Gasteiger partial charge in [0.15, 0.2) is 0 Å². The molecule has 0 radical (unpaired) electrons. The van der Waals surface area contributed by atoms with Gasteiger partial charge in [0.2, 0.25) is 0 Å². The van der Waals surface area contributed by atoms with E-state index in [2.05, 4.69) is 31.6 Å². The van der Waals surface area contributed by atoms with Gasteiger partial charge < -0.3 is 4.90 Å². The molecule has 90 valence electrons. The molecule has 2 rings (SSSR count). The summed E-state index contributed by atoms with van der Waals surface area (Å²) in [5, 5.41) is 0. The average molecular weight is 230 g/mol. The third kappa shape index (κ3) is 3.18. The van der Waals surface area contributed by atoms with Crippen LogP contribution < -0.4 is 4.90 Å². The highest BCUT2D eigenvalue weighted by atomic mass is 15.3. The van der Waals surface area contributed by atoms with Crippen molar-refractivity contribution in [2.24, 2.45) is 0 Å². The predicted molar refractivity (Wildman–Crippen MR) is 68.9 cm³/mol. The Hall–Kier alpha value is -1.60. The van der Waals surface area contributed by atoms with Gasteiger partial charge in [-0.05, 0) is 19.9 Å². The molecule has 4 nitrogen and oxygen atoms in total. The van der Waals surface area contributed by atoms with Crippen LogP contribution in [-0.4, -0.2) is 47.6 Å². The minimum Gasteiger partial charge on any atom is -0.354 e. The molecule has 2 heterocycles. The van der Waals surface area contributed by atoms with Crippen molar-refractivity contribution in [2.75, 3.05) is 37.6 Å². The van der Waals surface area contributed by atoms with Gasteiger partial charge in [-0.1, -0.05) is 5.92 Å². The van der Waals surface area contributed by atoms with Gasteiger partial charge >= 0.3 is 0 Å². The highest BCUT2D eigenvalue weighted by Crippen LogP contribution is 2.12. The molecule has 1 aromatic rings. The topological polar surface area (TPSA) is 32.3 Å². The van der Waals surface area contributed by atoms with Crippen molar-refractivity contribution in [3.63, 3.8) is 0 Å². The van der Waals surface area contributed by atoms with Gasteiger partial charge in [0.05, 0.1) is 6.54 Å². The summed E-state index contributed by atoms with van der Waals surface area (Å²) in [6.07, 6.45) is 1.83. The number of hydrogen-bond acceptors (Lipinski definition) is 4. The Bertz CT molecular complexity index is 425. The van der Waals surface area contributed by atoms with E-state index in [1.54, 1.807) is 0 Å². The first kappa shape index (κ1) is 11.9. The lowest BCUT2D eigenvalue weighted by molar-refractivity contribution is 0.287. The van der Waals surface area contributed by atoms with Crippen LogP contribution in [0.5, 0.6) is 0 Å². The van der Waals surface area contributed by atoms with Crippen molar-refractivity contribution in [1.82, 2.24) is 14.9 Å². The lowest BCUT2D eigenvalue weighted by Gasteiger charge is -2.34. The van der Waals surface area contributed by atoms with Gasteiger partial charge in [0.1, 0.15) is 11.6 Å². The van der Waals surface area contributed by atoms with Crippen LogP contribution in [0.1, 0.15) is 12.7 Å². The Morgan fingerprint density at radius 2 is 2.06 bits per heavy atom. The summed E-state index contributed by atoms with van der Waals surface area (Å²) in [7, 11) is 0. The number of aromatic nitrogens is 2. The van der Waals surface area contributed by atoms with E-state index in [1.807, 2.05) is 26.1 Å². The van der Waals surface area contributed by atoms with Gasteiger partial charge in [-0.3, -0.25) is 4.90 Å². The second-order valence-electron chi connectivity index (χ2n) is 4.15. The lowest BCUT2D eigenvalue weighted by atomic mass is 10.3. The molecule has 0 aromatic carbocycles. The molecule has 0 N–H and O–H groups in total. The maximum absolute atomic E-state index is 4.45. The van der Waals surface area contributed by atoms with E-state index >= 15 is 0 Å². The van der Waals surface area contributed by atoms with Crippen molar-refractivity contribution >= 4 is 5.82 Å². The number of rotatable bonds is 2.